The van der Waals surface area contributed by atoms with Crippen LogP contribution in [0.2, 0.25) is 0 Å². The second kappa shape index (κ2) is 6.00. The van der Waals surface area contributed by atoms with Gasteiger partial charge in [-0.05, 0) is 44.1 Å². The van der Waals surface area contributed by atoms with Crippen LogP contribution in [0.1, 0.15) is 12.8 Å². The third-order valence-electron chi connectivity index (χ3n) is 2.87. The average molecular weight is 339 g/mol. The molecule has 0 saturated carbocycles. The minimum atomic E-state index is -4.69. The van der Waals surface area contributed by atoms with Gasteiger partial charge in [-0.1, -0.05) is 15.9 Å². The summed E-state index contributed by atoms with van der Waals surface area (Å²) in [5.74, 6) is -0.208. The molecule has 1 fully saturated rings. The fraction of sp³-hybridized carbons (Fsp3) is 0.500. The second-order valence-corrected chi connectivity index (χ2v) is 5.27. The maximum Gasteiger partial charge on any atom is 0.573 e. The SMILES string of the molecule is FC(F)(F)Oc1cc(Br)ccc1NC1CCNCC1. The van der Waals surface area contributed by atoms with Crippen molar-refractivity contribution in [3.05, 3.63) is 22.7 Å². The Bertz CT molecular complexity index is 433. The molecule has 0 radical (unpaired) electrons. The summed E-state index contributed by atoms with van der Waals surface area (Å²) in [6, 6.07) is 4.76. The number of benzene rings is 1. The van der Waals surface area contributed by atoms with Crippen molar-refractivity contribution in [1.29, 1.82) is 0 Å². The van der Waals surface area contributed by atoms with E-state index in [4.69, 9.17) is 0 Å². The van der Waals surface area contributed by atoms with Crippen molar-refractivity contribution < 1.29 is 17.9 Å². The highest BCUT2D eigenvalue weighted by Gasteiger charge is 2.32. The van der Waals surface area contributed by atoms with E-state index < -0.39 is 6.36 Å². The summed E-state index contributed by atoms with van der Waals surface area (Å²) in [5.41, 5.74) is 0.368. The third-order valence-corrected chi connectivity index (χ3v) is 3.36. The largest absolute Gasteiger partial charge is 0.573 e. The van der Waals surface area contributed by atoms with Crippen LogP contribution in [0.5, 0.6) is 5.75 Å². The van der Waals surface area contributed by atoms with Crippen LogP contribution in [0.4, 0.5) is 18.9 Å². The zero-order chi connectivity index (χ0) is 13.9. The predicted octanol–water partition coefficient (Wildman–Crippen LogP) is 3.51. The molecule has 106 valence electrons. The van der Waals surface area contributed by atoms with Gasteiger partial charge < -0.3 is 15.4 Å². The minimum absolute atomic E-state index is 0.165. The molecule has 2 rings (SSSR count). The van der Waals surface area contributed by atoms with Gasteiger partial charge in [0.05, 0.1) is 5.69 Å². The molecular weight excluding hydrogens is 325 g/mol. The predicted molar refractivity (Wildman–Crippen MR) is 70.3 cm³/mol. The highest BCUT2D eigenvalue weighted by Crippen LogP contribution is 2.33. The molecule has 0 bridgehead atoms. The van der Waals surface area contributed by atoms with Crippen molar-refractivity contribution in [3.8, 4) is 5.75 Å². The average Bonchev–Trinajstić information content (AvgIpc) is 2.32. The second-order valence-electron chi connectivity index (χ2n) is 4.36. The van der Waals surface area contributed by atoms with Gasteiger partial charge in [-0.15, -0.1) is 13.2 Å². The summed E-state index contributed by atoms with van der Waals surface area (Å²) in [7, 11) is 0. The molecule has 0 atom stereocenters. The van der Waals surface area contributed by atoms with Gasteiger partial charge in [-0.3, -0.25) is 0 Å². The fourth-order valence-corrected chi connectivity index (χ4v) is 2.35. The van der Waals surface area contributed by atoms with Crippen LogP contribution in [0.3, 0.4) is 0 Å². The van der Waals surface area contributed by atoms with E-state index in [9.17, 15) is 13.2 Å². The number of alkyl halides is 3. The molecule has 1 saturated heterocycles. The molecule has 1 aliphatic rings. The molecule has 0 aliphatic carbocycles. The molecular formula is C12H14BrF3N2O. The highest BCUT2D eigenvalue weighted by atomic mass is 79.9. The molecule has 3 nitrogen and oxygen atoms in total. The number of piperidine rings is 1. The minimum Gasteiger partial charge on any atom is -0.404 e. The fourth-order valence-electron chi connectivity index (χ4n) is 2.01. The number of nitrogens with one attached hydrogen (secondary N) is 2. The number of halogens is 4. The lowest BCUT2D eigenvalue weighted by molar-refractivity contribution is -0.274. The van der Waals surface area contributed by atoms with Crippen molar-refractivity contribution in [2.45, 2.75) is 25.2 Å². The van der Waals surface area contributed by atoms with Gasteiger partial charge >= 0.3 is 6.36 Å². The van der Waals surface area contributed by atoms with Gasteiger partial charge in [0, 0.05) is 10.5 Å². The van der Waals surface area contributed by atoms with Crippen LogP contribution in [0, 0.1) is 0 Å². The molecule has 0 amide bonds. The standard InChI is InChI=1S/C12H14BrF3N2O/c13-8-1-2-10(11(7-8)19-12(14,15)16)18-9-3-5-17-6-4-9/h1-2,7,9,17-18H,3-6H2. The van der Waals surface area contributed by atoms with Crippen molar-refractivity contribution >= 4 is 21.6 Å². The maximum atomic E-state index is 12.4. The number of anilines is 1. The number of ether oxygens (including phenoxy) is 1. The Balaban J connectivity index is 2.13. The lowest BCUT2D eigenvalue weighted by Gasteiger charge is -2.26. The first-order valence-electron chi connectivity index (χ1n) is 5.96. The molecule has 1 aliphatic heterocycles. The van der Waals surface area contributed by atoms with E-state index in [1.54, 1.807) is 12.1 Å². The summed E-state index contributed by atoms with van der Waals surface area (Å²) in [5, 5.41) is 6.32. The first kappa shape index (κ1) is 14.5. The molecule has 1 heterocycles. The lowest BCUT2D eigenvalue weighted by atomic mass is 10.1. The summed E-state index contributed by atoms with van der Waals surface area (Å²) >= 11 is 3.14. The lowest BCUT2D eigenvalue weighted by Crippen LogP contribution is -2.35. The molecule has 0 unspecified atom stereocenters. The molecule has 2 N–H and O–H groups in total. The van der Waals surface area contributed by atoms with Gasteiger partial charge in [-0.2, -0.15) is 0 Å². The molecule has 7 heteroatoms. The van der Waals surface area contributed by atoms with Crippen LogP contribution < -0.4 is 15.4 Å². The third kappa shape index (κ3) is 4.58. The van der Waals surface area contributed by atoms with Crippen molar-refractivity contribution in [2.75, 3.05) is 18.4 Å². The molecule has 1 aromatic rings. The van der Waals surface area contributed by atoms with Gasteiger partial charge in [0.1, 0.15) is 0 Å². The monoisotopic (exact) mass is 338 g/mol. The van der Waals surface area contributed by atoms with Crippen molar-refractivity contribution in [1.82, 2.24) is 5.32 Å². The van der Waals surface area contributed by atoms with Crippen molar-refractivity contribution in [2.24, 2.45) is 0 Å². The van der Waals surface area contributed by atoms with Gasteiger partial charge in [0.15, 0.2) is 5.75 Å². The summed E-state index contributed by atoms with van der Waals surface area (Å²) < 4.78 is 41.7. The highest BCUT2D eigenvalue weighted by molar-refractivity contribution is 9.10. The first-order chi connectivity index (χ1) is 8.94. The van der Waals surface area contributed by atoms with E-state index in [-0.39, 0.29) is 11.8 Å². The van der Waals surface area contributed by atoms with Gasteiger partial charge in [0.2, 0.25) is 0 Å². The van der Waals surface area contributed by atoms with Crippen LogP contribution in [-0.4, -0.2) is 25.5 Å². The Kier molecular flexibility index (Phi) is 4.57. The zero-order valence-corrected chi connectivity index (χ0v) is 11.6. The van der Waals surface area contributed by atoms with E-state index in [0.717, 1.165) is 25.9 Å². The normalized spacial score (nSPS) is 17.3. The zero-order valence-electron chi connectivity index (χ0n) is 10.1. The van der Waals surface area contributed by atoms with Gasteiger partial charge in [0.25, 0.3) is 0 Å². The topological polar surface area (TPSA) is 33.3 Å². The van der Waals surface area contributed by atoms with E-state index >= 15 is 0 Å². The first-order valence-corrected chi connectivity index (χ1v) is 6.76. The smallest absolute Gasteiger partial charge is 0.404 e. The van der Waals surface area contributed by atoms with Gasteiger partial charge in [-0.25, -0.2) is 0 Å². The Labute approximate surface area is 117 Å². The maximum absolute atomic E-state index is 12.4. The molecule has 19 heavy (non-hydrogen) atoms. The summed E-state index contributed by atoms with van der Waals surface area (Å²) in [6.07, 6.45) is -2.94. The molecule has 1 aromatic carbocycles. The summed E-state index contributed by atoms with van der Waals surface area (Å²) in [6.45, 7) is 1.73. The number of rotatable bonds is 3. The Morgan fingerprint density at radius 3 is 2.58 bits per heavy atom. The molecule has 0 aromatic heterocycles. The van der Waals surface area contributed by atoms with Crippen LogP contribution in [0.15, 0.2) is 22.7 Å². The quantitative estimate of drug-likeness (QED) is 0.884. The van der Waals surface area contributed by atoms with Crippen LogP contribution in [0.25, 0.3) is 0 Å². The van der Waals surface area contributed by atoms with Crippen molar-refractivity contribution in [3.63, 3.8) is 0 Å². The number of hydrogen-bond donors (Lipinski definition) is 2. The Morgan fingerprint density at radius 1 is 1.26 bits per heavy atom. The van der Waals surface area contributed by atoms with Crippen LogP contribution >= 0.6 is 15.9 Å². The Hall–Kier alpha value is -0.950. The van der Waals surface area contributed by atoms with Crippen LogP contribution in [-0.2, 0) is 0 Å². The van der Waals surface area contributed by atoms with E-state index in [1.165, 1.54) is 6.07 Å². The summed E-state index contributed by atoms with van der Waals surface area (Å²) in [4.78, 5) is 0. The van der Waals surface area contributed by atoms with E-state index in [0.29, 0.717) is 10.2 Å². The van der Waals surface area contributed by atoms with E-state index in [1.807, 2.05) is 0 Å². The molecule has 0 spiro atoms. The Morgan fingerprint density at radius 2 is 1.95 bits per heavy atom. The van der Waals surface area contributed by atoms with E-state index in [2.05, 4.69) is 31.3 Å². The number of hydrogen-bond acceptors (Lipinski definition) is 3.